The van der Waals surface area contributed by atoms with Crippen LogP contribution in [-0.4, -0.2) is 19.5 Å². The van der Waals surface area contributed by atoms with Gasteiger partial charge in [-0.25, -0.2) is 0 Å². The molecule has 1 aromatic carbocycles. The van der Waals surface area contributed by atoms with Crippen LogP contribution >= 0.6 is 11.6 Å². The van der Waals surface area contributed by atoms with Crippen LogP contribution in [0.2, 0.25) is 0 Å². The Kier molecular flexibility index (Phi) is 4.93. The SMILES string of the molecule is CCC(Cl)(/C=N/S(=O)(=O)c1ccc(C)cc1)CC. The van der Waals surface area contributed by atoms with E-state index < -0.39 is 14.9 Å². The molecule has 0 N–H and O–H groups in total. The summed E-state index contributed by atoms with van der Waals surface area (Å²) >= 11 is 6.21. The maximum atomic E-state index is 12.0. The largest absolute Gasteiger partial charge is 0.282 e. The van der Waals surface area contributed by atoms with Gasteiger partial charge in [0.2, 0.25) is 0 Å². The molecule has 1 rings (SSSR count). The fourth-order valence-electron chi connectivity index (χ4n) is 1.37. The van der Waals surface area contributed by atoms with E-state index in [1.807, 2.05) is 20.8 Å². The molecule has 0 aliphatic heterocycles. The number of halogens is 1. The molecule has 0 bridgehead atoms. The molecule has 0 saturated heterocycles. The molecule has 0 aromatic heterocycles. The first-order chi connectivity index (χ1) is 8.33. The van der Waals surface area contributed by atoms with Gasteiger partial charge in [0.25, 0.3) is 10.0 Å². The number of rotatable bonds is 5. The Morgan fingerprint density at radius 2 is 1.72 bits per heavy atom. The van der Waals surface area contributed by atoms with Gasteiger partial charge >= 0.3 is 0 Å². The van der Waals surface area contributed by atoms with Crippen LogP contribution in [0.5, 0.6) is 0 Å². The van der Waals surface area contributed by atoms with Gasteiger partial charge in [-0.2, -0.15) is 12.8 Å². The summed E-state index contributed by atoms with van der Waals surface area (Å²) in [5, 5.41) is 0. The number of aryl methyl sites for hydroxylation is 1. The third-order valence-electron chi connectivity index (χ3n) is 2.92. The van der Waals surface area contributed by atoms with Crippen molar-refractivity contribution >= 4 is 27.8 Å². The monoisotopic (exact) mass is 287 g/mol. The second kappa shape index (κ2) is 5.85. The van der Waals surface area contributed by atoms with E-state index in [0.29, 0.717) is 12.8 Å². The summed E-state index contributed by atoms with van der Waals surface area (Å²) in [6.07, 6.45) is 2.61. The molecule has 0 aliphatic rings. The normalized spacial score (nSPS) is 13.1. The van der Waals surface area contributed by atoms with E-state index in [4.69, 9.17) is 11.6 Å². The minimum Gasteiger partial charge on any atom is -0.199 e. The number of sulfonamides is 1. The van der Waals surface area contributed by atoms with Gasteiger partial charge in [0, 0.05) is 6.21 Å². The summed E-state index contributed by atoms with van der Waals surface area (Å²) in [6, 6.07) is 6.59. The van der Waals surface area contributed by atoms with Crippen molar-refractivity contribution in [3.8, 4) is 0 Å². The first-order valence-electron chi connectivity index (χ1n) is 5.90. The van der Waals surface area contributed by atoms with Crippen molar-refractivity contribution in [2.75, 3.05) is 0 Å². The lowest BCUT2D eigenvalue weighted by molar-refractivity contribution is 0.597. The molecule has 0 atom stereocenters. The fourth-order valence-corrected chi connectivity index (χ4v) is 2.42. The zero-order chi connectivity index (χ0) is 13.8. The lowest BCUT2D eigenvalue weighted by Crippen LogP contribution is -2.21. The van der Waals surface area contributed by atoms with Crippen molar-refractivity contribution in [1.82, 2.24) is 0 Å². The number of nitrogens with zero attached hydrogens (tertiary/aromatic N) is 1. The summed E-state index contributed by atoms with van der Waals surface area (Å²) in [7, 11) is -3.65. The highest BCUT2D eigenvalue weighted by molar-refractivity contribution is 7.90. The molecule has 0 amide bonds. The Hall–Kier alpha value is -0.870. The average molecular weight is 288 g/mol. The molecule has 18 heavy (non-hydrogen) atoms. The molecule has 0 heterocycles. The van der Waals surface area contributed by atoms with E-state index in [9.17, 15) is 8.42 Å². The topological polar surface area (TPSA) is 46.5 Å². The quantitative estimate of drug-likeness (QED) is 0.614. The van der Waals surface area contributed by atoms with Gasteiger partial charge in [-0.3, -0.25) is 0 Å². The van der Waals surface area contributed by atoms with Crippen molar-refractivity contribution in [3.05, 3.63) is 29.8 Å². The van der Waals surface area contributed by atoms with Gasteiger partial charge in [0.15, 0.2) is 0 Å². The Balaban J connectivity index is 3.02. The number of hydrogen-bond acceptors (Lipinski definition) is 2. The van der Waals surface area contributed by atoms with Crippen LogP contribution in [0.25, 0.3) is 0 Å². The van der Waals surface area contributed by atoms with Crippen molar-refractivity contribution < 1.29 is 8.42 Å². The highest BCUT2D eigenvalue weighted by atomic mass is 35.5. The van der Waals surface area contributed by atoms with Crippen molar-refractivity contribution in [3.63, 3.8) is 0 Å². The van der Waals surface area contributed by atoms with Crippen LogP contribution in [-0.2, 0) is 10.0 Å². The molecule has 3 nitrogen and oxygen atoms in total. The van der Waals surface area contributed by atoms with E-state index >= 15 is 0 Å². The second-order valence-corrected chi connectivity index (χ2v) is 6.65. The van der Waals surface area contributed by atoms with Gasteiger partial charge in [-0.05, 0) is 31.9 Å². The third kappa shape index (κ3) is 3.82. The second-order valence-electron chi connectivity index (χ2n) is 4.26. The third-order valence-corrected chi connectivity index (χ3v) is 4.80. The molecule has 100 valence electrons. The average Bonchev–Trinajstić information content (AvgIpc) is 2.37. The summed E-state index contributed by atoms with van der Waals surface area (Å²) in [4.78, 5) is -0.492. The van der Waals surface area contributed by atoms with Crippen molar-refractivity contribution in [2.24, 2.45) is 4.40 Å². The molecular weight excluding hydrogens is 270 g/mol. The molecular formula is C13H18ClNO2S. The Labute approximate surface area is 114 Å². The minimum atomic E-state index is -3.65. The molecule has 0 radical (unpaired) electrons. The van der Waals surface area contributed by atoms with Gasteiger partial charge in [-0.15, -0.1) is 11.6 Å². The Morgan fingerprint density at radius 1 is 1.22 bits per heavy atom. The maximum Gasteiger partial charge on any atom is 0.282 e. The lowest BCUT2D eigenvalue weighted by atomic mass is 10.1. The molecule has 0 spiro atoms. The van der Waals surface area contributed by atoms with Gasteiger partial charge in [0.05, 0.1) is 9.77 Å². The van der Waals surface area contributed by atoms with E-state index in [0.717, 1.165) is 5.56 Å². The van der Waals surface area contributed by atoms with Crippen LogP contribution in [0.1, 0.15) is 32.3 Å². The van der Waals surface area contributed by atoms with Crippen molar-refractivity contribution in [1.29, 1.82) is 0 Å². The Bertz CT molecular complexity index is 516. The predicted octanol–water partition coefficient (Wildman–Crippen LogP) is 3.55. The zero-order valence-corrected chi connectivity index (χ0v) is 12.4. The molecule has 0 saturated carbocycles. The van der Waals surface area contributed by atoms with Crippen LogP contribution in [0.15, 0.2) is 33.6 Å². The van der Waals surface area contributed by atoms with E-state index in [1.165, 1.54) is 6.21 Å². The summed E-state index contributed by atoms with van der Waals surface area (Å²) < 4.78 is 27.6. The minimum absolute atomic E-state index is 0.190. The van der Waals surface area contributed by atoms with E-state index in [-0.39, 0.29) is 4.90 Å². The fraction of sp³-hybridized carbons (Fsp3) is 0.462. The predicted molar refractivity (Wildman–Crippen MR) is 76.0 cm³/mol. The first kappa shape index (κ1) is 15.2. The van der Waals surface area contributed by atoms with Crippen molar-refractivity contribution in [2.45, 2.75) is 43.4 Å². The van der Waals surface area contributed by atoms with Crippen LogP contribution < -0.4 is 0 Å². The summed E-state index contributed by atoms with van der Waals surface area (Å²) in [5.74, 6) is 0. The molecule has 1 aromatic rings. The highest BCUT2D eigenvalue weighted by Gasteiger charge is 2.21. The molecule has 5 heteroatoms. The van der Waals surface area contributed by atoms with Crippen LogP contribution in [0.4, 0.5) is 0 Å². The van der Waals surface area contributed by atoms with E-state index in [2.05, 4.69) is 4.40 Å². The number of alkyl halides is 1. The summed E-state index contributed by atoms with van der Waals surface area (Å²) in [6.45, 7) is 5.71. The molecule has 0 unspecified atom stereocenters. The first-order valence-corrected chi connectivity index (χ1v) is 7.72. The zero-order valence-electron chi connectivity index (χ0n) is 10.9. The van der Waals surface area contributed by atoms with E-state index in [1.54, 1.807) is 24.3 Å². The number of hydrogen-bond donors (Lipinski definition) is 0. The lowest BCUT2D eigenvalue weighted by Gasteiger charge is -2.17. The summed E-state index contributed by atoms with van der Waals surface area (Å²) in [5.41, 5.74) is 1.01. The molecule has 0 fully saturated rings. The standard InChI is InChI=1S/C13H18ClNO2S/c1-4-13(14,5-2)10-15-18(16,17)12-8-6-11(3)7-9-12/h6-10H,4-5H2,1-3H3/b15-10+. The molecule has 0 aliphatic carbocycles. The number of benzene rings is 1. The smallest absolute Gasteiger partial charge is 0.199 e. The van der Waals surface area contributed by atoms with Gasteiger partial charge in [-0.1, -0.05) is 31.5 Å². The van der Waals surface area contributed by atoms with Crippen LogP contribution in [0, 0.1) is 6.92 Å². The highest BCUT2D eigenvalue weighted by Crippen LogP contribution is 2.22. The maximum absolute atomic E-state index is 12.0. The van der Waals surface area contributed by atoms with Gasteiger partial charge < -0.3 is 0 Å². The Morgan fingerprint density at radius 3 is 2.17 bits per heavy atom. The van der Waals surface area contributed by atoms with Crippen LogP contribution in [0.3, 0.4) is 0 Å². The van der Waals surface area contributed by atoms with Gasteiger partial charge in [0.1, 0.15) is 0 Å².